The summed E-state index contributed by atoms with van der Waals surface area (Å²) < 4.78 is 0. The van der Waals surface area contributed by atoms with E-state index in [4.69, 9.17) is 0 Å². The van der Waals surface area contributed by atoms with Crippen molar-refractivity contribution in [3.63, 3.8) is 0 Å². The Balaban J connectivity index is 1.74. The maximum Gasteiger partial charge on any atom is 0.324 e. The van der Waals surface area contributed by atoms with Crippen molar-refractivity contribution in [2.45, 2.75) is 32.2 Å². The van der Waals surface area contributed by atoms with Crippen LogP contribution in [0.1, 0.15) is 48.2 Å². The van der Waals surface area contributed by atoms with E-state index in [1.165, 1.54) is 20.9 Å². The van der Waals surface area contributed by atoms with Crippen molar-refractivity contribution >= 4 is 23.3 Å². The molecule has 1 fully saturated rings. The molecule has 2 atom stereocenters. The fourth-order valence-electron chi connectivity index (χ4n) is 3.19. The van der Waals surface area contributed by atoms with Crippen LogP contribution >= 0.6 is 11.3 Å². The zero-order valence-corrected chi connectivity index (χ0v) is 16.1. The number of hydrogen-bond acceptors (Lipinski definition) is 3. The summed E-state index contributed by atoms with van der Waals surface area (Å²) in [4.78, 5) is 26.6. The summed E-state index contributed by atoms with van der Waals surface area (Å²) in [5.74, 6) is 0.404. The smallest absolute Gasteiger partial charge is 0.324 e. The number of carbonyl (C=O) groups excluding carboxylic acids is 2. The lowest BCUT2D eigenvalue weighted by atomic mass is 9.95. The summed E-state index contributed by atoms with van der Waals surface area (Å²) in [7, 11) is 0. The van der Waals surface area contributed by atoms with Crippen molar-refractivity contribution in [1.82, 2.24) is 10.2 Å². The van der Waals surface area contributed by atoms with E-state index in [9.17, 15) is 9.59 Å². The first kappa shape index (κ1) is 18.6. The van der Waals surface area contributed by atoms with Crippen molar-refractivity contribution < 1.29 is 14.9 Å². The van der Waals surface area contributed by atoms with Crippen molar-refractivity contribution in [3.8, 4) is 0 Å². The first-order valence-corrected chi connectivity index (χ1v) is 10.0. The first-order valence-electron chi connectivity index (χ1n) is 9.15. The van der Waals surface area contributed by atoms with E-state index in [1.807, 2.05) is 11.4 Å². The van der Waals surface area contributed by atoms with Crippen LogP contribution < -0.4 is 10.6 Å². The fourth-order valence-corrected chi connectivity index (χ4v) is 4.04. The van der Waals surface area contributed by atoms with Crippen LogP contribution in [0, 0.1) is 0 Å². The van der Waals surface area contributed by atoms with E-state index >= 15 is 0 Å². The van der Waals surface area contributed by atoms with Crippen LogP contribution in [-0.4, -0.2) is 36.5 Å². The Morgan fingerprint density at radius 2 is 2.00 bits per heavy atom. The summed E-state index contributed by atoms with van der Waals surface area (Å²) >= 11 is 1.69. The Morgan fingerprint density at radius 1 is 1.27 bits per heavy atom. The highest BCUT2D eigenvalue weighted by Gasteiger charge is 2.28. The molecule has 0 aliphatic carbocycles. The van der Waals surface area contributed by atoms with Crippen molar-refractivity contribution in [2.75, 3.05) is 19.6 Å². The summed E-state index contributed by atoms with van der Waals surface area (Å²) in [6, 6.07) is 12.6. The molecule has 0 radical (unpaired) electrons. The van der Waals surface area contributed by atoms with Gasteiger partial charge in [0.2, 0.25) is 0 Å². The molecule has 5 nitrogen and oxygen atoms in total. The van der Waals surface area contributed by atoms with Gasteiger partial charge in [-0.15, -0.1) is 11.3 Å². The maximum atomic E-state index is 12.4. The molecule has 1 aliphatic rings. The number of quaternary nitrogens is 1. The van der Waals surface area contributed by atoms with Gasteiger partial charge in [-0.25, -0.2) is 4.79 Å². The number of hydrogen-bond donors (Lipinski definition) is 2. The molecular weight excluding hydrogens is 346 g/mol. The molecule has 2 aromatic rings. The zero-order valence-electron chi connectivity index (χ0n) is 15.3. The van der Waals surface area contributed by atoms with Gasteiger partial charge in [-0.2, -0.15) is 0 Å². The Hall–Kier alpha value is -2.18. The van der Waals surface area contributed by atoms with Gasteiger partial charge < -0.3 is 10.6 Å². The molecule has 2 heterocycles. The van der Waals surface area contributed by atoms with Gasteiger partial charge in [0, 0.05) is 18.7 Å². The second-order valence-corrected chi connectivity index (χ2v) is 7.67. The van der Waals surface area contributed by atoms with Gasteiger partial charge in [-0.1, -0.05) is 44.2 Å². The third-order valence-electron chi connectivity index (χ3n) is 5.01. The predicted octanol–water partition coefficient (Wildman–Crippen LogP) is 2.47. The lowest BCUT2D eigenvalue weighted by molar-refractivity contribution is -0.676. The number of carbonyl (C=O) groups is 2. The Morgan fingerprint density at radius 3 is 2.58 bits per heavy atom. The van der Waals surface area contributed by atoms with E-state index in [2.05, 4.69) is 54.9 Å². The predicted molar refractivity (Wildman–Crippen MR) is 103 cm³/mol. The summed E-state index contributed by atoms with van der Waals surface area (Å²) in [5.41, 5.74) is 2.52. The average molecular weight is 373 g/mol. The van der Waals surface area contributed by atoms with Gasteiger partial charge in [0.05, 0.1) is 4.88 Å². The van der Waals surface area contributed by atoms with Crippen LogP contribution in [0.3, 0.4) is 0 Å². The highest BCUT2D eigenvalue weighted by atomic mass is 32.1. The standard InChI is InChI=1S/C20H25N3O2S/c1-3-14(2)15-6-8-16(9-7-15)19(17-5-4-12-26-17)22-13-18(24)23-11-10-21-20(23)25/h4-9,12,14,19,22H,3,10-11,13H2,1-2H3,(H,21,25)/p+1/t14-,19-/m1/s1. The SMILES string of the molecule is CC[C@@H](C)c1ccc([C@@H]([NH2+]CC(=O)N2CCNC2=O)c2cccs2)cc1. The van der Waals surface area contributed by atoms with E-state index in [0.29, 0.717) is 19.0 Å². The third kappa shape index (κ3) is 4.14. The van der Waals surface area contributed by atoms with Gasteiger partial charge in [-0.3, -0.25) is 9.69 Å². The molecule has 3 amide bonds. The lowest BCUT2D eigenvalue weighted by Gasteiger charge is -2.18. The molecule has 1 saturated heterocycles. The fraction of sp³-hybridized carbons (Fsp3) is 0.400. The van der Waals surface area contributed by atoms with E-state index in [0.717, 1.165) is 6.42 Å². The molecule has 0 saturated carbocycles. The number of nitrogens with two attached hydrogens (primary N) is 1. The number of urea groups is 1. The van der Waals surface area contributed by atoms with E-state index in [-0.39, 0.29) is 24.5 Å². The molecule has 138 valence electrons. The molecular formula is C20H26N3O2S+. The van der Waals surface area contributed by atoms with Crippen LogP contribution in [0.2, 0.25) is 0 Å². The van der Waals surface area contributed by atoms with Gasteiger partial charge in [0.15, 0.2) is 6.54 Å². The number of amides is 3. The Labute approximate surface area is 158 Å². The molecule has 0 unspecified atom stereocenters. The van der Waals surface area contributed by atoms with Crippen LogP contribution in [0.5, 0.6) is 0 Å². The number of nitrogens with one attached hydrogen (secondary N) is 1. The molecule has 0 bridgehead atoms. The minimum absolute atomic E-state index is 0.0654. The number of benzene rings is 1. The average Bonchev–Trinajstić information content (AvgIpc) is 3.33. The molecule has 3 N–H and O–H groups in total. The number of thiophene rings is 1. The van der Waals surface area contributed by atoms with Gasteiger partial charge in [0.1, 0.15) is 6.04 Å². The topological polar surface area (TPSA) is 66.0 Å². The van der Waals surface area contributed by atoms with Crippen LogP contribution in [0.15, 0.2) is 41.8 Å². The second-order valence-electron chi connectivity index (χ2n) is 6.69. The second kappa shape index (κ2) is 8.47. The highest BCUT2D eigenvalue weighted by molar-refractivity contribution is 7.10. The third-order valence-corrected chi connectivity index (χ3v) is 5.97. The number of imide groups is 1. The minimum Gasteiger partial charge on any atom is -0.336 e. The minimum atomic E-state index is -0.283. The van der Waals surface area contributed by atoms with Crippen LogP contribution in [-0.2, 0) is 4.79 Å². The van der Waals surface area contributed by atoms with E-state index < -0.39 is 0 Å². The zero-order chi connectivity index (χ0) is 18.5. The van der Waals surface area contributed by atoms with Crippen LogP contribution in [0.25, 0.3) is 0 Å². The largest absolute Gasteiger partial charge is 0.336 e. The maximum absolute atomic E-state index is 12.4. The van der Waals surface area contributed by atoms with Crippen molar-refractivity contribution in [3.05, 3.63) is 57.8 Å². The summed E-state index contributed by atoms with van der Waals surface area (Å²) in [5, 5.41) is 6.75. The van der Waals surface area contributed by atoms with Crippen molar-refractivity contribution in [1.29, 1.82) is 0 Å². The van der Waals surface area contributed by atoms with E-state index in [1.54, 1.807) is 11.3 Å². The summed E-state index contributed by atoms with van der Waals surface area (Å²) in [6.07, 6.45) is 1.12. The van der Waals surface area contributed by atoms with Gasteiger partial charge in [0.25, 0.3) is 5.91 Å². The lowest BCUT2D eigenvalue weighted by Crippen LogP contribution is -2.87. The normalized spacial score (nSPS) is 16.4. The van der Waals surface area contributed by atoms with Crippen LogP contribution in [0.4, 0.5) is 4.79 Å². The molecule has 26 heavy (non-hydrogen) atoms. The highest BCUT2D eigenvalue weighted by Crippen LogP contribution is 2.25. The number of rotatable bonds is 7. The molecule has 0 spiro atoms. The van der Waals surface area contributed by atoms with Crippen molar-refractivity contribution in [2.24, 2.45) is 0 Å². The quantitative estimate of drug-likeness (QED) is 0.784. The Kier molecular flexibility index (Phi) is 6.06. The molecule has 6 heteroatoms. The molecule has 3 rings (SSSR count). The first-order chi connectivity index (χ1) is 12.6. The molecule has 1 aromatic carbocycles. The Bertz CT molecular complexity index is 743. The number of nitrogens with zero attached hydrogens (tertiary/aromatic N) is 1. The monoisotopic (exact) mass is 372 g/mol. The molecule has 1 aliphatic heterocycles. The van der Waals surface area contributed by atoms with Gasteiger partial charge >= 0.3 is 6.03 Å². The van der Waals surface area contributed by atoms with Gasteiger partial charge in [-0.05, 0) is 29.3 Å². The molecule has 1 aromatic heterocycles. The summed E-state index contributed by atoms with van der Waals surface area (Å²) in [6.45, 7) is 5.68.